The Kier molecular flexibility index (Phi) is 4.95. The number of rotatable bonds is 3. The lowest BCUT2D eigenvalue weighted by molar-refractivity contribution is -0.0478. The molecule has 0 aromatic heterocycles. The molecule has 0 amide bonds. The Balaban J connectivity index is 1.57. The van der Waals surface area contributed by atoms with Crippen molar-refractivity contribution in [2.45, 2.75) is 32.3 Å². The number of likely N-dealkylation sites (N-methyl/N-ethyl adjacent to an activating group) is 1. The fourth-order valence-corrected chi connectivity index (χ4v) is 4.11. The number of piperazine rings is 1. The standard InChI is InChI=1S/C19H31N3O/c1-16-6-4-7-18(17(16)2)22-12-10-21(11-13-22)15-19(23)8-5-9-20(3)14-19/h4,6-7,23H,5,8-15H2,1-3H3/t19-/m0/s1. The maximum atomic E-state index is 10.9. The van der Waals surface area contributed by atoms with Gasteiger partial charge < -0.3 is 14.9 Å². The number of β-amino-alcohol motifs (C(OH)–C–C–N with tert-alkyl or cyclic N) is 1. The predicted octanol–water partition coefficient (Wildman–Crippen LogP) is 1.88. The van der Waals surface area contributed by atoms with Crippen LogP contribution in [0.3, 0.4) is 0 Å². The van der Waals surface area contributed by atoms with E-state index in [2.05, 4.69) is 53.8 Å². The van der Waals surface area contributed by atoms with Gasteiger partial charge in [-0.05, 0) is 57.5 Å². The summed E-state index contributed by atoms with van der Waals surface area (Å²) in [6.07, 6.45) is 2.05. The highest BCUT2D eigenvalue weighted by Crippen LogP contribution is 2.25. The molecule has 1 atom stereocenters. The lowest BCUT2D eigenvalue weighted by atomic mass is 9.92. The van der Waals surface area contributed by atoms with Crippen LogP contribution in [-0.2, 0) is 0 Å². The van der Waals surface area contributed by atoms with Gasteiger partial charge in [-0.3, -0.25) is 4.90 Å². The summed E-state index contributed by atoms with van der Waals surface area (Å²) in [6.45, 7) is 11.3. The van der Waals surface area contributed by atoms with Crippen molar-refractivity contribution in [2.24, 2.45) is 0 Å². The predicted molar refractivity (Wildman–Crippen MR) is 96.2 cm³/mol. The van der Waals surface area contributed by atoms with Gasteiger partial charge in [-0.1, -0.05) is 12.1 Å². The highest BCUT2D eigenvalue weighted by molar-refractivity contribution is 5.56. The van der Waals surface area contributed by atoms with Gasteiger partial charge in [0.15, 0.2) is 0 Å². The fourth-order valence-electron chi connectivity index (χ4n) is 4.11. The summed E-state index contributed by atoms with van der Waals surface area (Å²) in [5.41, 5.74) is 3.62. The number of likely N-dealkylation sites (tertiary alicyclic amines) is 1. The van der Waals surface area contributed by atoms with Gasteiger partial charge in [0.2, 0.25) is 0 Å². The van der Waals surface area contributed by atoms with Crippen molar-refractivity contribution in [2.75, 3.05) is 57.8 Å². The second kappa shape index (κ2) is 6.80. The molecule has 4 heteroatoms. The fraction of sp³-hybridized carbons (Fsp3) is 0.684. The molecule has 23 heavy (non-hydrogen) atoms. The van der Waals surface area contributed by atoms with Gasteiger partial charge in [0.05, 0.1) is 5.60 Å². The molecule has 0 spiro atoms. The minimum atomic E-state index is -0.519. The van der Waals surface area contributed by atoms with Crippen LogP contribution >= 0.6 is 0 Å². The van der Waals surface area contributed by atoms with Gasteiger partial charge in [-0.25, -0.2) is 0 Å². The van der Waals surface area contributed by atoms with E-state index in [-0.39, 0.29) is 0 Å². The summed E-state index contributed by atoms with van der Waals surface area (Å²) >= 11 is 0. The van der Waals surface area contributed by atoms with Crippen molar-refractivity contribution in [3.05, 3.63) is 29.3 Å². The highest BCUT2D eigenvalue weighted by atomic mass is 16.3. The molecule has 1 aromatic rings. The van der Waals surface area contributed by atoms with Gasteiger partial charge in [-0.2, -0.15) is 0 Å². The topological polar surface area (TPSA) is 30.0 Å². The first-order valence-corrected chi connectivity index (χ1v) is 8.91. The Morgan fingerprint density at radius 1 is 1.09 bits per heavy atom. The molecule has 0 saturated carbocycles. The van der Waals surface area contributed by atoms with Gasteiger partial charge in [0.1, 0.15) is 0 Å². The Labute approximate surface area is 140 Å². The SMILES string of the molecule is Cc1cccc(N2CCN(C[C@]3(O)CCCN(C)C3)CC2)c1C. The van der Waals surface area contributed by atoms with Crippen LogP contribution in [-0.4, -0.2) is 73.4 Å². The number of nitrogens with zero attached hydrogens (tertiary/aromatic N) is 3. The van der Waals surface area contributed by atoms with Crippen LogP contribution in [0.15, 0.2) is 18.2 Å². The van der Waals surface area contributed by atoms with Crippen LogP contribution in [0.4, 0.5) is 5.69 Å². The van der Waals surface area contributed by atoms with Gasteiger partial charge in [0, 0.05) is 45.0 Å². The summed E-state index contributed by atoms with van der Waals surface area (Å²) in [5, 5.41) is 10.9. The zero-order valence-corrected chi connectivity index (χ0v) is 14.9. The maximum absolute atomic E-state index is 10.9. The number of aliphatic hydroxyl groups is 1. The zero-order chi connectivity index (χ0) is 16.4. The summed E-state index contributed by atoms with van der Waals surface area (Å²) in [6, 6.07) is 6.58. The van der Waals surface area contributed by atoms with E-state index in [9.17, 15) is 5.11 Å². The number of aryl methyl sites for hydroxylation is 1. The first kappa shape index (κ1) is 16.7. The average molecular weight is 317 g/mol. The minimum absolute atomic E-state index is 0.519. The monoisotopic (exact) mass is 317 g/mol. The van der Waals surface area contributed by atoms with E-state index in [4.69, 9.17) is 0 Å². The lowest BCUT2D eigenvalue weighted by Gasteiger charge is -2.43. The maximum Gasteiger partial charge on any atom is 0.0900 e. The normalized spacial score (nSPS) is 27.4. The van der Waals surface area contributed by atoms with E-state index in [1.807, 2.05) is 0 Å². The molecule has 4 nitrogen and oxygen atoms in total. The Hall–Kier alpha value is -1.10. The quantitative estimate of drug-likeness (QED) is 0.922. The third-order valence-corrected chi connectivity index (χ3v) is 5.55. The molecule has 0 bridgehead atoms. The molecule has 0 aliphatic carbocycles. The number of hydrogen-bond donors (Lipinski definition) is 1. The third kappa shape index (κ3) is 3.87. The summed E-state index contributed by atoms with van der Waals surface area (Å²) in [7, 11) is 2.11. The van der Waals surface area contributed by atoms with Crippen LogP contribution in [0.1, 0.15) is 24.0 Å². The molecule has 3 rings (SSSR count). The molecule has 1 aromatic carbocycles. The van der Waals surface area contributed by atoms with E-state index >= 15 is 0 Å². The van der Waals surface area contributed by atoms with Crippen molar-refractivity contribution in [3.63, 3.8) is 0 Å². The molecule has 2 aliphatic heterocycles. The van der Waals surface area contributed by atoms with Crippen molar-refractivity contribution >= 4 is 5.69 Å². The van der Waals surface area contributed by atoms with Crippen molar-refractivity contribution in [1.29, 1.82) is 0 Å². The van der Waals surface area contributed by atoms with Crippen LogP contribution in [0.5, 0.6) is 0 Å². The van der Waals surface area contributed by atoms with Crippen molar-refractivity contribution in [1.82, 2.24) is 9.80 Å². The molecule has 2 heterocycles. The molecule has 128 valence electrons. The zero-order valence-electron chi connectivity index (χ0n) is 14.9. The lowest BCUT2D eigenvalue weighted by Crippen LogP contribution is -2.57. The summed E-state index contributed by atoms with van der Waals surface area (Å²) < 4.78 is 0. The Bertz CT molecular complexity index is 539. The van der Waals surface area contributed by atoms with E-state index in [1.165, 1.54) is 16.8 Å². The summed E-state index contributed by atoms with van der Waals surface area (Å²) in [5.74, 6) is 0. The molecule has 0 unspecified atom stereocenters. The van der Waals surface area contributed by atoms with E-state index in [1.54, 1.807) is 0 Å². The van der Waals surface area contributed by atoms with Crippen LogP contribution in [0, 0.1) is 13.8 Å². The first-order chi connectivity index (χ1) is 11.0. The number of anilines is 1. The van der Waals surface area contributed by atoms with E-state index < -0.39 is 5.60 Å². The third-order valence-electron chi connectivity index (χ3n) is 5.55. The molecule has 2 fully saturated rings. The molecular weight excluding hydrogens is 286 g/mol. The van der Waals surface area contributed by atoms with Crippen LogP contribution in [0.25, 0.3) is 0 Å². The average Bonchev–Trinajstić information content (AvgIpc) is 2.50. The van der Waals surface area contributed by atoms with Gasteiger partial charge in [-0.15, -0.1) is 0 Å². The molecule has 2 aliphatic rings. The van der Waals surface area contributed by atoms with Crippen LogP contribution < -0.4 is 4.90 Å². The number of piperidine rings is 1. The minimum Gasteiger partial charge on any atom is -0.387 e. The highest BCUT2D eigenvalue weighted by Gasteiger charge is 2.34. The second-order valence-corrected chi connectivity index (χ2v) is 7.55. The summed E-state index contributed by atoms with van der Waals surface area (Å²) in [4.78, 5) is 7.20. The van der Waals surface area contributed by atoms with Crippen molar-refractivity contribution < 1.29 is 5.11 Å². The van der Waals surface area contributed by atoms with Gasteiger partial charge >= 0.3 is 0 Å². The number of hydrogen-bond acceptors (Lipinski definition) is 4. The Morgan fingerprint density at radius 3 is 2.52 bits per heavy atom. The Morgan fingerprint density at radius 2 is 1.83 bits per heavy atom. The second-order valence-electron chi connectivity index (χ2n) is 7.55. The van der Waals surface area contributed by atoms with Gasteiger partial charge in [0.25, 0.3) is 0 Å². The molecule has 0 radical (unpaired) electrons. The first-order valence-electron chi connectivity index (χ1n) is 8.91. The van der Waals surface area contributed by atoms with Crippen molar-refractivity contribution in [3.8, 4) is 0 Å². The van der Waals surface area contributed by atoms with E-state index in [0.717, 1.165) is 58.7 Å². The molecular formula is C19H31N3O. The molecule has 1 N–H and O–H groups in total. The van der Waals surface area contributed by atoms with E-state index in [0.29, 0.717) is 0 Å². The van der Waals surface area contributed by atoms with Crippen LogP contribution in [0.2, 0.25) is 0 Å². The smallest absolute Gasteiger partial charge is 0.0900 e. The molecule has 2 saturated heterocycles. The number of benzene rings is 1. The largest absolute Gasteiger partial charge is 0.387 e.